The molecule has 33 heavy (non-hydrogen) atoms. The fourth-order valence-electron chi connectivity index (χ4n) is 3.02. The Balaban J connectivity index is 1.91. The van der Waals surface area contributed by atoms with E-state index in [0.29, 0.717) is 10.7 Å². The molecule has 0 bridgehead atoms. The molecule has 4 aromatic rings. The zero-order chi connectivity index (χ0) is 23.9. The molecule has 0 aliphatic carbocycles. The molecule has 0 saturated carbocycles. The number of rotatable bonds is 5. The third kappa shape index (κ3) is 4.15. The van der Waals surface area contributed by atoms with Gasteiger partial charge in [-0.25, -0.2) is 23.6 Å². The molecule has 2 heterocycles. The highest BCUT2D eigenvalue weighted by Crippen LogP contribution is 2.35. The number of imidazole rings is 1. The Hall–Kier alpha value is -4.20. The Morgan fingerprint density at radius 3 is 2.45 bits per heavy atom. The second kappa shape index (κ2) is 8.05. The lowest BCUT2D eigenvalue weighted by molar-refractivity contribution is -0.137. The number of aromatic amines is 1. The number of fused-ring (bicyclic) bond motifs is 1. The number of halogens is 3. The number of benzene rings is 2. The molecule has 4 rings (SSSR count). The van der Waals surface area contributed by atoms with E-state index in [1.165, 1.54) is 12.1 Å². The van der Waals surface area contributed by atoms with Gasteiger partial charge in [-0.2, -0.15) is 17.8 Å². The van der Waals surface area contributed by atoms with Crippen LogP contribution in [0.15, 0.2) is 69.5 Å². The summed E-state index contributed by atoms with van der Waals surface area (Å²) in [4.78, 5) is 44.5. The zero-order valence-corrected chi connectivity index (χ0v) is 17.0. The van der Waals surface area contributed by atoms with Crippen LogP contribution in [0.25, 0.3) is 16.6 Å². The van der Waals surface area contributed by atoms with E-state index in [0.717, 1.165) is 23.2 Å². The highest BCUT2D eigenvalue weighted by molar-refractivity contribution is 7.86. The summed E-state index contributed by atoms with van der Waals surface area (Å²) >= 11 is 0. The second-order valence-electron chi connectivity index (χ2n) is 6.63. The van der Waals surface area contributed by atoms with Gasteiger partial charge in [-0.3, -0.25) is 4.79 Å². The lowest BCUT2D eigenvalue weighted by atomic mass is 10.1. The minimum absolute atomic E-state index is 0.247. The van der Waals surface area contributed by atoms with E-state index in [-0.39, 0.29) is 10.3 Å². The fraction of sp³-hybridized carbons (Fsp3) is 0.0526. The summed E-state index contributed by atoms with van der Waals surface area (Å²) in [6.45, 7) is 0. The van der Waals surface area contributed by atoms with Crippen molar-refractivity contribution in [2.75, 3.05) is 4.83 Å². The van der Waals surface area contributed by atoms with Crippen molar-refractivity contribution in [1.82, 2.24) is 19.2 Å². The predicted molar refractivity (Wildman–Crippen MR) is 110 cm³/mol. The third-order valence-electron chi connectivity index (χ3n) is 4.53. The molecule has 14 heteroatoms. The number of hydrogen-bond acceptors (Lipinski definition) is 5. The minimum Gasteiger partial charge on any atom is -0.476 e. The summed E-state index contributed by atoms with van der Waals surface area (Å²) < 4.78 is 54.7. The summed E-state index contributed by atoms with van der Waals surface area (Å²) in [6.07, 6.45) is -3.20. The van der Waals surface area contributed by atoms with Crippen molar-refractivity contribution in [2.24, 2.45) is 0 Å². The van der Waals surface area contributed by atoms with Gasteiger partial charge in [-0.15, -0.1) is 0 Å². The second-order valence-corrected chi connectivity index (χ2v) is 7.82. The molecule has 0 amide bonds. The van der Waals surface area contributed by atoms with E-state index >= 15 is 0 Å². The molecule has 1 atom stereocenters. The van der Waals surface area contributed by atoms with Crippen LogP contribution in [0, 0.1) is 0 Å². The van der Waals surface area contributed by atoms with Gasteiger partial charge in [0.15, 0.2) is 16.7 Å². The Kier molecular flexibility index (Phi) is 5.37. The quantitative estimate of drug-likeness (QED) is 0.399. The summed E-state index contributed by atoms with van der Waals surface area (Å²) in [5.41, 5.74) is -4.95. The zero-order valence-electron chi connectivity index (χ0n) is 16.2. The van der Waals surface area contributed by atoms with Crippen LogP contribution >= 0.6 is 0 Å². The molecule has 3 N–H and O–H groups in total. The summed E-state index contributed by atoms with van der Waals surface area (Å²) in [5, 5.41) is 8.66. The van der Waals surface area contributed by atoms with E-state index < -0.39 is 56.8 Å². The molecule has 0 spiro atoms. The van der Waals surface area contributed by atoms with Crippen LogP contribution in [0.5, 0.6) is 0 Å². The number of aromatic carboxylic acids is 1. The van der Waals surface area contributed by atoms with Gasteiger partial charge in [-0.05, 0) is 24.3 Å². The molecule has 0 radical (unpaired) electrons. The smallest absolute Gasteiger partial charge is 0.418 e. The van der Waals surface area contributed by atoms with Crippen LogP contribution in [0.4, 0.5) is 13.2 Å². The Morgan fingerprint density at radius 2 is 1.85 bits per heavy atom. The molecule has 2 aromatic carbocycles. The molecular formula is C19H12F3N5O5S. The number of H-pyrrole nitrogens is 1. The van der Waals surface area contributed by atoms with Gasteiger partial charge in [0.05, 0.1) is 27.0 Å². The maximum absolute atomic E-state index is 13.7. The lowest BCUT2D eigenvalue weighted by Gasteiger charge is -2.15. The van der Waals surface area contributed by atoms with Crippen LogP contribution in [-0.2, 0) is 17.2 Å². The average Bonchev–Trinajstić information content (AvgIpc) is 3.26. The number of carboxylic acids is 1. The third-order valence-corrected chi connectivity index (χ3v) is 5.58. The first-order valence-corrected chi connectivity index (χ1v) is 10.1. The number of hydrogen-bond donors (Lipinski definition) is 3. The van der Waals surface area contributed by atoms with Gasteiger partial charge in [0.1, 0.15) is 6.33 Å². The van der Waals surface area contributed by atoms with E-state index in [1.54, 1.807) is 18.2 Å². The number of aromatic nitrogens is 4. The summed E-state index contributed by atoms with van der Waals surface area (Å²) in [5.74, 6) is -1.46. The van der Waals surface area contributed by atoms with Crippen molar-refractivity contribution in [2.45, 2.75) is 11.1 Å². The van der Waals surface area contributed by atoms with Gasteiger partial charge in [-0.1, -0.05) is 18.2 Å². The molecule has 0 aliphatic rings. The largest absolute Gasteiger partial charge is 0.476 e. The van der Waals surface area contributed by atoms with Crippen LogP contribution in [-0.4, -0.2) is 34.5 Å². The standard InChI is InChI=1S/C19H12F3N5O5S/c20-19(21,22)12-7-13-11(6-15(12)26-8-14(17(29)30)23-9-26)16(28)27(18(31)24-13)25-33(32)10-4-2-1-3-5-10/h1-9,25H,(H,24,31)(H,29,30). The lowest BCUT2D eigenvalue weighted by Crippen LogP contribution is -2.42. The van der Waals surface area contributed by atoms with Gasteiger partial charge in [0.2, 0.25) is 0 Å². The number of carboxylic acid groups (broad SMARTS) is 1. The molecule has 1 unspecified atom stereocenters. The van der Waals surface area contributed by atoms with Crippen LogP contribution in [0.2, 0.25) is 0 Å². The normalized spacial score (nSPS) is 12.6. The SMILES string of the molecule is O=C(O)c1cn(-c2cc3c(=O)n(NS(=O)c4ccccc4)c(=O)[nH]c3cc2C(F)(F)F)cn1. The van der Waals surface area contributed by atoms with Crippen molar-refractivity contribution in [3.8, 4) is 5.69 Å². The predicted octanol–water partition coefficient (Wildman–Crippen LogP) is 1.86. The minimum atomic E-state index is -4.91. The highest BCUT2D eigenvalue weighted by atomic mass is 32.2. The van der Waals surface area contributed by atoms with Crippen LogP contribution < -0.4 is 16.1 Å². The van der Waals surface area contributed by atoms with Crippen LogP contribution in [0.1, 0.15) is 16.1 Å². The first-order valence-electron chi connectivity index (χ1n) is 8.97. The van der Waals surface area contributed by atoms with E-state index in [2.05, 4.69) is 14.8 Å². The number of nitrogens with one attached hydrogen (secondary N) is 2. The molecule has 0 saturated heterocycles. The van der Waals surface area contributed by atoms with Gasteiger partial charge in [0.25, 0.3) is 5.56 Å². The highest BCUT2D eigenvalue weighted by Gasteiger charge is 2.35. The molecule has 170 valence electrons. The van der Waals surface area contributed by atoms with E-state index in [9.17, 15) is 31.8 Å². The molecular weight excluding hydrogens is 467 g/mol. The number of alkyl halides is 3. The molecule has 0 aliphatic heterocycles. The molecule has 2 aromatic heterocycles. The van der Waals surface area contributed by atoms with Crippen molar-refractivity contribution < 1.29 is 27.3 Å². The first-order chi connectivity index (χ1) is 15.6. The van der Waals surface area contributed by atoms with E-state index in [1.807, 2.05) is 0 Å². The van der Waals surface area contributed by atoms with Crippen molar-refractivity contribution >= 4 is 27.9 Å². The number of nitrogens with zero attached hydrogens (tertiary/aromatic N) is 3. The Morgan fingerprint density at radius 1 is 1.15 bits per heavy atom. The maximum Gasteiger partial charge on any atom is 0.418 e. The molecule has 10 nitrogen and oxygen atoms in total. The topological polar surface area (TPSA) is 139 Å². The number of carbonyl (C=O) groups is 1. The van der Waals surface area contributed by atoms with Crippen molar-refractivity contribution in [1.29, 1.82) is 0 Å². The fourth-order valence-corrected chi connectivity index (χ4v) is 3.86. The van der Waals surface area contributed by atoms with E-state index in [4.69, 9.17) is 5.11 Å². The average molecular weight is 479 g/mol. The molecule has 0 fully saturated rings. The monoisotopic (exact) mass is 479 g/mol. The van der Waals surface area contributed by atoms with Gasteiger partial charge >= 0.3 is 17.8 Å². The van der Waals surface area contributed by atoms with Crippen molar-refractivity contribution in [3.05, 3.63) is 87.1 Å². The van der Waals surface area contributed by atoms with Gasteiger partial charge < -0.3 is 14.7 Å². The first kappa shape index (κ1) is 22.0. The summed E-state index contributed by atoms with van der Waals surface area (Å²) in [6, 6.07) is 9.21. The summed E-state index contributed by atoms with van der Waals surface area (Å²) in [7, 11) is -2.03. The van der Waals surface area contributed by atoms with Crippen molar-refractivity contribution in [3.63, 3.8) is 0 Å². The van der Waals surface area contributed by atoms with Gasteiger partial charge in [0, 0.05) is 6.20 Å². The van der Waals surface area contributed by atoms with Crippen LogP contribution in [0.3, 0.4) is 0 Å². The Bertz CT molecular complexity index is 1530. The maximum atomic E-state index is 13.7. The Labute approximate surface area is 183 Å².